The highest BCUT2D eigenvalue weighted by atomic mass is 19.4. The SMILES string of the molecule is CC/C=C\CCCCC(=O)C(F)(F)F. The van der Waals surface area contributed by atoms with Crippen LogP contribution in [-0.4, -0.2) is 12.0 Å². The third-order valence-electron chi connectivity index (χ3n) is 1.74. The number of hydrogen-bond donors (Lipinski definition) is 0. The Morgan fingerprint density at radius 1 is 1.21 bits per heavy atom. The highest BCUT2D eigenvalue weighted by Crippen LogP contribution is 2.19. The summed E-state index contributed by atoms with van der Waals surface area (Å²) in [7, 11) is 0. The highest BCUT2D eigenvalue weighted by Gasteiger charge is 2.36. The average molecular weight is 208 g/mol. The monoisotopic (exact) mass is 208 g/mol. The van der Waals surface area contributed by atoms with Crippen molar-refractivity contribution in [1.82, 2.24) is 0 Å². The van der Waals surface area contributed by atoms with Crippen molar-refractivity contribution in [2.45, 2.75) is 45.2 Å². The zero-order valence-corrected chi connectivity index (χ0v) is 8.23. The van der Waals surface area contributed by atoms with Gasteiger partial charge in [0.2, 0.25) is 5.78 Å². The van der Waals surface area contributed by atoms with Gasteiger partial charge >= 0.3 is 6.18 Å². The van der Waals surface area contributed by atoms with Crippen LogP contribution in [0.1, 0.15) is 39.0 Å². The Hall–Kier alpha value is -0.800. The lowest BCUT2D eigenvalue weighted by molar-refractivity contribution is -0.171. The summed E-state index contributed by atoms with van der Waals surface area (Å²) in [6, 6.07) is 0. The van der Waals surface area contributed by atoms with Crippen molar-refractivity contribution in [1.29, 1.82) is 0 Å². The van der Waals surface area contributed by atoms with Crippen molar-refractivity contribution in [2.75, 3.05) is 0 Å². The van der Waals surface area contributed by atoms with Crippen LogP contribution < -0.4 is 0 Å². The number of hydrogen-bond acceptors (Lipinski definition) is 1. The van der Waals surface area contributed by atoms with E-state index in [0.717, 1.165) is 12.8 Å². The Labute approximate surface area is 82.0 Å². The summed E-state index contributed by atoms with van der Waals surface area (Å²) in [5, 5.41) is 0. The first kappa shape index (κ1) is 13.2. The molecule has 0 aliphatic heterocycles. The molecular formula is C10H15F3O. The molecule has 1 nitrogen and oxygen atoms in total. The van der Waals surface area contributed by atoms with Crippen molar-refractivity contribution in [3.05, 3.63) is 12.2 Å². The molecule has 0 radical (unpaired) electrons. The van der Waals surface area contributed by atoms with E-state index in [2.05, 4.69) is 0 Å². The summed E-state index contributed by atoms with van der Waals surface area (Å²) in [5.74, 6) is -1.61. The van der Waals surface area contributed by atoms with Crippen LogP contribution in [0.25, 0.3) is 0 Å². The summed E-state index contributed by atoms with van der Waals surface area (Å²) < 4.78 is 35.1. The molecular weight excluding hydrogens is 193 g/mol. The Bertz CT molecular complexity index is 194. The van der Waals surface area contributed by atoms with Crippen LogP contribution in [-0.2, 0) is 4.79 Å². The number of rotatable bonds is 6. The van der Waals surface area contributed by atoms with Crippen molar-refractivity contribution in [3.8, 4) is 0 Å². The minimum absolute atomic E-state index is 0.312. The maximum Gasteiger partial charge on any atom is 0.449 e. The molecule has 0 spiro atoms. The lowest BCUT2D eigenvalue weighted by atomic mass is 10.1. The lowest BCUT2D eigenvalue weighted by Gasteiger charge is -2.03. The van der Waals surface area contributed by atoms with Crippen molar-refractivity contribution in [3.63, 3.8) is 0 Å². The van der Waals surface area contributed by atoms with E-state index in [1.807, 2.05) is 19.1 Å². The molecule has 0 atom stereocenters. The topological polar surface area (TPSA) is 17.1 Å². The first-order chi connectivity index (χ1) is 6.48. The van der Waals surface area contributed by atoms with Crippen LogP contribution in [0.2, 0.25) is 0 Å². The fraction of sp³-hybridized carbons (Fsp3) is 0.700. The summed E-state index contributed by atoms with van der Waals surface area (Å²) >= 11 is 0. The van der Waals surface area contributed by atoms with Gasteiger partial charge in [-0.05, 0) is 25.7 Å². The normalized spacial score (nSPS) is 12.3. The van der Waals surface area contributed by atoms with Crippen LogP contribution in [0.3, 0.4) is 0 Å². The zero-order chi connectivity index (χ0) is 11.0. The van der Waals surface area contributed by atoms with E-state index < -0.39 is 12.0 Å². The molecule has 0 rings (SSSR count). The maximum absolute atomic E-state index is 11.7. The van der Waals surface area contributed by atoms with Gasteiger partial charge in [0, 0.05) is 6.42 Å². The van der Waals surface area contributed by atoms with Gasteiger partial charge in [0.15, 0.2) is 0 Å². The standard InChI is InChI=1S/C10H15F3O/c1-2-3-4-5-6-7-8-9(14)10(11,12)13/h3-4H,2,5-8H2,1H3/b4-3-. The second-order valence-electron chi connectivity index (χ2n) is 3.05. The molecule has 0 bridgehead atoms. The molecule has 14 heavy (non-hydrogen) atoms. The number of carbonyl (C=O) groups excluding carboxylic acids is 1. The Kier molecular flexibility index (Phi) is 6.25. The number of Topliss-reactive ketones (excluding diaryl/α,β-unsaturated/α-hetero) is 1. The van der Waals surface area contributed by atoms with Crippen molar-refractivity contribution < 1.29 is 18.0 Å². The van der Waals surface area contributed by atoms with Gasteiger partial charge in [-0.1, -0.05) is 19.1 Å². The predicted molar refractivity (Wildman–Crippen MR) is 49.0 cm³/mol. The summed E-state index contributed by atoms with van der Waals surface area (Å²) in [6.45, 7) is 1.99. The average Bonchev–Trinajstić information content (AvgIpc) is 2.09. The molecule has 4 heteroatoms. The molecule has 0 aromatic heterocycles. The number of allylic oxidation sites excluding steroid dienone is 2. The Morgan fingerprint density at radius 3 is 2.36 bits per heavy atom. The van der Waals surface area contributed by atoms with E-state index in [4.69, 9.17) is 0 Å². The van der Waals surface area contributed by atoms with Crippen molar-refractivity contribution >= 4 is 5.78 Å². The minimum atomic E-state index is -4.65. The van der Waals surface area contributed by atoms with Gasteiger partial charge in [-0.2, -0.15) is 13.2 Å². The van der Waals surface area contributed by atoms with Gasteiger partial charge in [0.05, 0.1) is 0 Å². The van der Waals surface area contributed by atoms with Crippen LogP contribution in [0.15, 0.2) is 12.2 Å². The maximum atomic E-state index is 11.7. The second-order valence-corrected chi connectivity index (χ2v) is 3.05. The molecule has 0 N–H and O–H groups in total. The van der Waals surface area contributed by atoms with E-state index in [1.165, 1.54) is 0 Å². The van der Waals surface area contributed by atoms with Crippen molar-refractivity contribution in [2.24, 2.45) is 0 Å². The molecule has 0 heterocycles. The van der Waals surface area contributed by atoms with E-state index in [9.17, 15) is 18.0 Å². The van der Waals surface area contributed by atoms with Gasteiger partial charge in [-0.3, -0.25) is 4.79 Å². The predicted octanol–water partition coefficient (Wildman–Crippen LogP) is 3.64. The lowest BCUT2D eigenvalue weighted by Crippen LogP contribution is -2.22. The van der Waals surface area contributed by atoms with Gasteiger partial charge in [0.25, 0.3) is 0 Å². The van der Waals surface area contributed by atoms with Gasteiger partial charge in [-0.15, -0.1) is 0 Å². The molecule has 0 aliphatic rings. The summed E-state index contributed by atoms with van der Waals surface area (Å²) in [4.78, 5) is 10.4. The number of ketones is 1. The van der Waals surface area contributed by atoms with Crippen LogP contribution in [0.5, 0.6) is 0 Å². The van der Waals surface area contributed by atoms with Gasteiger partial charge in [-0.25, -0.2) is 0 Å². The number of carbonyl (C=O) groups is 1. The molecule has 82 valence electrons. The fourth-order valence-corrected chi connectivity index (χ4v) is 0.974. The van der Waals surface area contributed by atoms with E-state index in [0.29, 0.717) is 12.8 Å². The van der Waals surface area contributed by atoms with E-state index in [-0.39, 0.29) is 6.42 Å². The zero-order valence-electron chi connectivity index (χ0n) is 8.23. The minimum Gasteiger partial charge on any atom is -0.290 e. The summed E-state index contributed by atoms with van der Waals surface area (Å²) in [5.41, 5.74) is 0. The first-order valence-corrected chi connectivity index (χ1v) is 4.73. The third-order valence-corrected chi connectivity index (χ3v) is 1.74. The molecule has 0 saturated carbocycles. The first-order valence-electron chi connectivity index (χ1n) is 4.73. The summed E-state index contributed by atoms with van der Waals surface area (Å²) in [6.07, 6.45) is 1.48. The molecule has 0 aromatic rings. The molecule has 0 unspecified atom stereocenters. The Balaban J connectivity index is 3.46. The molecule has 0 amide bonds. The third kappa shape index (κ3) is 6.69. The number of unbranched alkanes of at least 4 members (excludes halogenated alkanes) is 2. The number of alkyl halides is 3. The van der Waals surface area contributed by atoms with Gasteiger partial charge < -0.3 is 0 Å². The molecule has 0 saturated heterocycles. The smallest absolute Gasteiger partial charge is 0.290 e. The molecule has 0 fully saturated rings. The van der Waals surface area contributed by atoms with Gasteiger partial charge in [0.1, 0.15) is 0 Å². The Morgan fingerprint density at radius 2 is 1.86 bits per heavy atom. The second kappa shape index (κ2) is 6.62. The highest BCUT2D eigenvalue weighted by molar-refractivity contribution is 5.83. The van der Waals surface area contributed by atoms with Crippen LogP contribution >= 0.6 is 0 Å². The molecule has 0 aliphatic carbocycles. The molecule has 0 aromatic carbocycles. The van der Waals surface area contributed by atoms with E-state index in [1.54, 1.807) is 0 Å². The fourth-order valence-electron chi connectivity index (χ4n) is 0.974. The number of halogens is 3. The quantitative estimate of drug-likeness (QED) is 0.481. The largest absolute Gasteiger partial charge is 0.449 e. The van der Waals surface area contributed by atoms with Crippen LogP contribution in [0.4, 0.5) is 13.2 Å². The van der Waals surface area contributed by atoms with E-state index >= 15 is 0 Å². The van der Waals surface area contributed by atoms with Crippen LogP contribution in [0, 0.1) is 0 Å².